The summed E-state index contributed by atoms with van der Waals surface area (Å²) in [5, 5.41) is 1.58. The number of aromatic nitrogens is 1. The predicted octanol–water partition coefficient (Wildman–Crippen LogP) is 3.76. The molecule has 1 aromatic heterocycles. The summed E-state index contributed by atoms with van der Waals surface area (Å²) < 4.78 is 32.4. The summed E-state index contributed by atoms with van der Waals surface area (Å²) in [5.74, 6) is -2.01. The Balaban J connectivity index is 2.13. The van der Waals surface area contributed by atoms with E-state index in [0.717, 1.165) is 11.5 Å². The Kier molecular flexibility index (Phi) is 3.50. The van der Waals surface area contributed by atoms with Crippen LogP contribution in [0.1, 0.15) is 5.69 Å². The van der Waals surface area contributed by atoms with E-state index in [9.17, 15) is 8.78 Å². The van der Waals surface area contributed by atoms with Crippen molar-refractivity contribution < 1.29 is 13.5 Å². The van der Waals surface area contributed by atoms with Crippen molar-refractivity contribution in [3.63, 3.8) is 0 Å². The van der Waals surface area contributed by atoms with E-state index in [2.05, 4.69) is 4.98 Å². The van der Waals surface area contributed by atoms with Gasteiger partial charge in [0.05, 0.1) is 5.69 Å². The number of halogens is 2. The Morgan fingerprint density at radius 1 is 1.05 bits per heavy atom. The number of hydrogen-bond donors (Lipinski definition) is 1. The van der Waals surface area contributed by atoms with Crippen LogP contribution in [0.4, 0.5) is 8.78 Å². The minimum absolute atomic E-state index is 0.207. The van der Waals surface area contributed by atoms with Gasteiger partial charge in [0.2, 0.25) is 11.7 Å². The van der Waals surface area contributed by atoms with E-state index in [4.69, 9.17) is 10.5 Å². The number of nitrogens with zero attached hydrogens (tertiary/aromatic N) is 1. The van der Waals surface area contributed by atoms with Crippen LogP contribution in [0.25, 0.3) is 10.8 Å². The average molecular weight is 286 g/mol. The molecule has 0 bridgehead atoms. The molecule has 0 amide bonds. The third-order valence-electron chi connectivity index (χ3n) is 3.09. The van der Waals surface area contributed by atoms with Gasteiger partial charge in [0.1, 0.15) is 0 Å². The van der Waals surface area contributed by atoms with Gasteiger partial charge in [-0.2, -0.15) is 4.39 Å². The number of rotatable bonds is 3. The smallest absolute Gasteiger partial charge is 0.227 e. The van der Waals surface area contributed by atoms with E-state index in [1.165, 1.54) is 12.1 Å². The van der Waals surface area contributed by atoms with Crippen molar-refractivity contribution in [1.82, 2.24) is 4.98 Å². The number of benzene rings is 2. The summed E-state index contributed by atoms with van der Waals surface area (Å²) >= 11 is 0. The molecule has 21 heavy (non-hydrogen) atoms. The maximum absolute atomic E-state index is 13.7. The van der Waals surface area contributed by atoms with Gasteiger partial charge in [-0.3, -0.25) is 0 Å². The Hall–Kier alpha value is -2.53. The zero-order valence-electron chi connectivity index (χ0n) is 11.0. The predicted molar refractivity (Wildman–Crippen MR) is 76.1 cm³/mol. The molecule has 2 N–H and O–H groups in total. The monoisotopic (exact) mass is 286 g/mol. The quantitative estimate of drug-likeness (QED) is 0.797. The Bertz CT molecular complexity index is 805. The average Bonchev–Trinajstić information content (AvgIpc) is 2.51. The Morgan fingerprint density at radius 2 is 1.86 bits per heavy atom. The summed E-state index contributed by atoms with van der Waals surface area (Å²) in [6.07, 6.45) is 0. The molecule has 106 valence electrons. The highest BCUT2D eigenvalue weighted by Gasteiger charge is 2.13. The molecule has 5 heteroatoms. The van der Waals surface area contributed by atoms with Gasteiger partial charge in [0, 0.05) is 11.9 Å². The molecule has 1 heterocycles. The van der Waals surface area contributed by atoms with Gasteiger partial charge < -0.3 is 10.5 Å². The second-order valence-electron chi connectivity index (χ2n) is 4.50. The third-order valence-corrected chi connectivity index (χ3v) is 3.09. The number of pyridine rings is 1. The summed E-state index contributed by atoms with van der Waals surface area (Å²) in [7, 11) is 0. The van der Waals surface area contributed by atoms with Crippen molar-refractivity contribution in [2.24, 2.45) is 5.73 Å². The zero-order valence-corrected chi connectivity index (χ0v) is 11.0. The fraction of sp³-hybridized carbons (Fsp3) is 0.0625. The lowest BCUT2D eigenvalue weighted by Crippen LogP contribution is -2.02. The fourth-order valence-electron chi connectivity index (χ4n) is 2.07. The molecule has 0 aliphatic heterocycles. The first-order valence-corrected chi connectivity index (χ1v) is 6.39. The molecule has 0 fully saturated rings. The van der Waals surface area contributed by atoms with Crippen LogP contribution < -0.4 is 10.5 Å². The topological polar surface area (TPSA) is 48.1 Å². The van der Waals surface area contributed by atoms with E-state index in [1.807, 2.05) is 24.3 Å². The molecule has 3 rings (SSSR count). The molecule has 0 atom stereocenters. The van der Waals surface area contributed by atoms with Crippen molar-refractivity contribution in [2.75, 3.05) is 0 Å². The van der Waals surface area contributed by atoms with Gasteiger partial charge in [-0.1, -0.05) is 24.3 Å². The highest BCUT2D eigenvalue weighted by molar-refractivity contribution is 5.87. The van der Waals surface area contributed by atoms with Crippen LogP contribution in [0.2, 0.25) is 0 Å². The maximum Gasteiger partial charge on any atom is 0.227 e. The van der Waals surface area contributed by atoms with Crippen LogP contribution >= 0.6 is 0 Å². The van der Waals surface area contributed by atoms with Crippen LogP contribution in [0.3, 0.4) is 0 Å². The SMILES string of the molecule is NCc1cc2ccccc2c(Oc2cccc(F)c2F)n1. The second-order valence-corrected chi connectivity index (χ2v) is 4.50. The van der Waals surface area contributed by atoms with Crippen molar-refractivity contribution in [2.45, 2.75) is 6.54 Å². The standard InChI is InChI=1S/C16H12F2N2O/c17-13-6-3-7-14(15(13)18)21-16-12-5-2-1-4-10(12)8-11(9-19)20-16/h1-8H,9,19H2. The third kappa shape index (κ3) is 2.55. The first-order valence-electron chi connectivity index (χ1n) is 6.39. The van der Waals surface area contributed by atoms with E-state index in [1.54, 1.807) is 6.07 Å². The molecule has 0 aliphatic rings. The first kappa shape index (κ1) is 13.5. The van der Waals surface area contributed by atoms with Crippen LogP contribution in [-0.2, 0) is 6.54 Å². The summed E-state index contributed by atoms with van der Waals surface area (Å²) in [6, 6.07) is 13.0. The van der Waals surface area contributed by atoms with E-state index < -0.39 is 11.6 Å². The van der Waals surface area contributed by atoms with Crippen LogP contribution in [0, 0.1) is 11.6 Å². The molecule has 3 nitrogen and oxygen atoms in total. The summed E-state index contributed by atoms with van der Waals surface area (Å²) in [6.45, 7) is 0.229. The number of ether oxygens (including phenoxy) is 1. The molecule has 0 aliphatic carbocycles. The van der Waals surface area contributed by atoms with Crippen molar-refractivity contribution in [3.8, 4) is 11.6 Å². The zero-order chi connectivity index (χ0) is 14.8. The molecule has 0 spiro atoms. The van der Waals surface area contributed by atoms with Crippen LogP contribution in [-0.4, -0.2) is 4.98 Å². The molecule has 0 radical (unpaired) electrons. The maximum atomic E-state index is 13.7. The van der Waals surface area contributed by atoms with Crippen LogP contribution in [0.15, 0.2) is 48.5 Å². The number of hydrogen-bond acceptors (Lipinski definition) is 3. The normalized spacial score (nSPS) is 10.8. The van der Waals surface area contributed by atoms with Crippen molar-refractivity contribution >= 4 is 10.8 Å². The van der Waals surface area contributed by atoms with Crippen molar-refractivity contribution in [3.05, 3.63) is 65.9 Å². The summed E-state index contributed by atoms with van der Waals surface area (Å²) in [5.41, 5.74) is 6.22. The number of nitrogens with two attached hydrogens (primary N) is 1. The van der Waals surface area contributed by atoms with Crippen LogP contribution in [0.5, 0.6) is 11.6 Å². The molecule has 3 aromatic rings. The lowest BCUT2D eigenvalue weighted by Gasteiger charge is -2.10. The summed E-state index contributed by atoms with van der Waals surface area (Å²) in [4.78, 5) is 4.25. The Morgan fingerprint density at radius 3 is 2.67 bits per heavy atom. The largest absolute Gasteiger partial charge is 0.435 e. The molecule has 0 unspecified atom stereocenters. The molecular weight excluding hydrogens is 274 g/mol. The molecule has 2 aromatic carbocycles. The highest BCUT2D eigenvalue weighted by atomic mass is 19.2. The van der Waals surface area contributed by atoms with Gasteiger partial charge in [-0.25, -0.2) is 9.37 Å². The van der Waals surface area contributed by atoms with E-state index in [0.29, 0.717) is 11.1 Å². The minimum atomic E-state index is -1.04. The minimum Gasteiger partial charge on any atom is -0.435 e. The lowest BCUT2D eigenvalue weighted by molar-refractivity contribution is 0.408. The first-order chi connectivity index (χ1) is 10.2. The molecule has 0 saturated carbocycles. The van der Waals surface area contributed by atoms with Gasteiger partial charge in [0.25, 0.3) is 0 Å². The van der Waals surface area contributed by atoms with E-state index >= 15 is 0 Å². The van der Waals surface area contributed by atoms with Gasteiger partial charge in [0.15, 0.2) is 11.6 Å². The van der Waals surface area contributed by atoms with Gasteiger partial charge in [-0.05, 0) is 29.7 Å². The fourth-order valence-corrected chi connectivity index (χ4v) is 2.07. The Labute approximate surface area is 120 Å². The second kappa shape index (κ2) is 5.46. The van der Waals surface area contributed by atoms with Crippen molar-refractivity contribution in [1.29, 1.82) is 0 Å². The number of fused-ring (bicyclic) bond motifs is 1. The van der Waals surface area contributed by atoms with Gasteiger partial charge in [-0.15, -0.1) is 0 Å². The molecular formula is C16H12F2N2O. The highest BCUT2D eigenvalue weighted by Crippen LogP contribution is 2.30. The van der Waals surface area contributed by atoms with Gasteiger partial charge >= 0.3 is 0 Å². The van der Waals surface area contributed by atoms with E-state index in [-0.39, 0.29) is 18.2 Å². The molecule has 0 saturated heterocycles. The lowest BCUT2D eigenvalue weighted by atomic mass is 10.1.